The van der Waals surface area contributed by atoms with Crippen LogP contribution < -0.4 is 10.3 Å². The molecule has 1 unspecified atom stereocenters. The number of aromatic amines is 1. The maximum absolute atomic E-state index is 12.9. The first-order valence-corrected chi connectivity index (χ1v) is 10.7. The summed E-state index contributed by atoms with van der Waals surface area (Å²) in [5.41, 5.74) is 5.67. The summed E-state index contributed by atoms with van der Waals surface area (Å²) in [6.07, 6.45) is 6.65. The van der Waals surface area contributed by atoms with Gasteiger partial charge in [0.15, 0.2) is 0 Å². The van der Waals surface area contributed by atoms with Gasteiger partial charge in [-0.25, -0.2) is 4.98 Å². The molecule has 7 heteroatoms. The van der Waals surface area contributed by atoms with Crippen molar-refractivity contribution in [2.45, 2.75) is 39.2 Å². The van der Waals surface area contributed by atoms with Crippen molar-refractivity contribution < 1.29 is 9.47 Å². The van der Waals surface area contributed by atoms with Crippen LogP contribution in [-0.2, 0) is 4.74 Å². The van der Waals surface area contributed by atoms with Crippen molar-refractivity contribution >= 4 is 21.8 Å². The quantitative estimate of drug-likeness (QED) is 0.536. The van der Waals surface area contributed by atoms with Gasteiger partial charge < -0.3 is 14.5 Å². The summed E-state index contributed by atoms with van der Waals surface area (Å²) in [5.74, 6) is 0.607. The van der Waals surface area contributed by atoms with Crippen LogP contribution in [-0.4, -0.2) is 40.1 Å². The number of pyridine rings is 2. The number of benzene rings is 1. The molecule has 7 nitrogen and oxygen atoms in total. The second-order valence-electron chi connectivity index (χ2n) is 8.24. The number of ether oxygens (including phenoxy) is 2. The molecule has 160 valence electrons. The summed E-state index contributed by atoms with van der Waals surface area (Å²) in [6, 6.07) is 6.34. The van der Waals surface area contributed by atoms with Gasteiger partial charge in [0, 0.05) is 23.8 Å². The third-order valence-corrected chi connectivity index (χ3v) is 6.24. The largest absolute Gasteiger partial charge is 0.481 e. The number of nitrogens with one attached hydrogen (secondary N) is 1. The minimum atomic E-state index is -0.124. The van der Waals surface area contributed by atoms with Crippen LogP contribution in [0.3, 0.4) is 0 Å². The Morgan fingerprint density at radius 2 is 2.06 bits per heavy atom. The van der Waals surface area contributed by atoms with E-state index in [9.17, 15) is 4.79 Å². The summed E-state index contributed by atoms with van der Waals surface area (Å²) in [4.78, 5) is 20.3. The number of methoxy groups -OCH3 is 1. The van der Waals surface area contributed by atoms with Gasteiger partial charge in [0.1, 0.15) is 0 Å². The maximum Gasteiger partial charge on any atom is 0.259 e. The highest BCUT2D eigenvalue weighted by molar-refractivity contribution is 6.04. The van der Waals surface area contributed by atoms with Crippen LogP contribution in [0.15, 0.2) is 35.4 Å². The van der Waals surface area contributed by atoms with Crippen LogP contribution in [0, 0.1) is 13.8 Å². The fourth-order valence-electron chi connectivity index (χ4n) is 4.72. The number of hydrogen-bond donors (Lipinski definition) is 1. The van der Waals surface area contributed by atoms with Gasteiger partial charge in [0.25, 0.3) is 5.56 Å². The zero-order valence-electron chi connectivity index (χ0n) is 18.1. The molecule has 1 fully saturated rings. The lowest BCUT2D eigenvalue weighted by molar-refractivity contribution is 0.116. The molecule has 5 rings (SSSR count). The molecule has 1 atom stereocenters. The summed E-state index contributed by atoms with van der Waals surface area (Å²) in [6.45, 7) is 5.45. The first-order valence-electron chi connectivity index (χ1n) is 10.7. The standard InChI is InChI=1S/C24H26N4O3/c1-14-11-25-24(30-3)15(2)21(14)16-7-8-18-20(10-16)27-23(29)19-12-26-28(22(18)19)17-6-4-5-9-31-13-17/h7-8,10-12,17H,4-6,9,13H2,1-3H3,(H,27,29). The van der Waals surface area contributed by atoms with Crippen molar-refractivity contribution in [3.63, 3.8) is 0 Å². The lowest BCUT2D eigenvalue weighted by atomic mass is 9.96. The van der Waals surface area contributed by atoms with Gasteiger partial charge in [0.2, 0.25) is 5.88 Å². The highest BCUT2D eigenvalue weighted by atomic mass is 16.5. The maximum atomic E-state index is 12.9. The van der Waals surface area contributed by atoms with Gasteiger partial charge in [-0.15, -0.1) is 0 Å². The summed E-state index contributed by atoms with van der Waals surface area (Å²) < 4.78 is 13.2. The van der Waals surface area contributed by atoms with E-state index in [1.165, 1.54) is 0 Å². The molecular formula is C24H26N4O3. The lowest BCUT2D eigenvalue weighted by Gasteiger charge is -2.17. The minimum Gasteiger partial charge on any atom is -0.481 e. The van der Waals surface area contributed by atoms with Crippen molar-refractivity contribution in [1.29, 1.82) is 0 Å². The minimum absolute atomic E-state index is 0.124. The van der Waals surface area contributed by atoms with E-state index in [4.69, 9.17) is 9.47 Å². The van der Waals surface area contributed by atoms with E-state index in [1.54, 1.807) is 13.3 Å². The monoisotopic (exact) mass is 418 g/mol. The van der Waals surface area contributed by atoms with E-state index in [0.29, 0.717) is 17.9 Å². The smallest absolute Gasteiger partial charge is 0.259 e. The van der Waals surface area contributed by atoms with E-state index in [0.717, 1.165) is 64.5 Å². The van der Waals surface area contributed by atoms with Crippen LogP contribution in [0.4, 0.5) is 0 Å². The van der Waals surface area contributed by atoms with Crippen LogP contribution in [0.5, 0.6) is 5.88 Å². The molecule has 4 heterocycles. The van der Waals surface area contributed by atoms with Gasteiger partial charge in [-0.2, -0.15) is 5.10 Å². The Labute approximate surface area is 180 Å². The van der Waals surface area contributed by atoms with Gasteiger partial charge in [0.05, 0.1) is 42.4 Å². The highest BCUT2D eigenvalue weighted by Gasteiger charge is 2.21. The number of rotatable bonds is 3. The van der Waals surface area contributed by atoms with Crippen LogP contribution in [0.25, 0.3) is 32.9 Å². The van der Waals surface area contributed by atoms with Gasteiger partial charge in [-0.05, 0) is 55.9 Å². The second kappa shape index (κ2) is 7.81. The first-order chi connectivity index (χ1) is 15.1. The van der Waals surface area contributed by atoms with Gasteiger partial charge >= 0.3 is 0 Å². The Morgan fingerprint density at radius 1 is 1.19 bits per heavy atom. The molecule has 1 aliphatic heterocycles. The molecule has 0 spiro atoms. The Kier molecular flexibility index (Phi) is 4.98. The van der Waals surface area contributed by atoms with E-state index >= 15 is 0 Å². The van der Waals surface area contributed by atoms with Crippen molar-refractivity contribution in [2.75, 3.05) is 20.3 Å². The second-order valence-corrected chi connectivity index (χ2v) is 8.24. The number of fused-ring (bicyclic) bond motifs is 3. The predicted octanol–water partition coefficient (Wildman–Crippen LogP) is 4.31. The van der Waals surface area contributed by atoms with Gasteiger partial charge in [-0.3, -0.25) is 9.48 Å². The SMILES string of the molecule is COc1ncc(C)c(-c2ccc3c(c2)[nH]c(=O)c2cnn(C4CCCCOC4)c23)c1C. The Bertz CT molecular complexity index is 1330. The summed E-state index contributed by atoms with van der Waals surface area (Å²) >= 11 is 0. The molecule has 1 saturated heterocycles. The van der Waals surface area contributed by atoms with E-state index in [2.05, 4.69) is 27.2 Å². The Morgan fingerprint density at radius 3 is 2.90 bits per heavy atom. The molecular weight excluding hydrogens is 392 g/mol. The number of H-pyrrole nitrogens is 1. The van der Waals surface area contributed by atoms with Crippen LogP contribution >= 0.6 is 0 Å². The Balaban J connectivity index is 1.72. The van der Waals surface area contributed by atoms with Crippen molar-refractivity contribution in [1.82, 2.24) is 19.7 Å². The lowest BCUT2D eigenvalue weighted by Crippen LogP contribution is -2.16. The molecule has 4 aromatic rings. The number of nitrogens with zero attached hydrogens (tertiary/aromatic N) is 3. The number of aromatic nitrogens is 4. The van der Waals surface area contributed by atoms with E-state index in [1.807, 2.05) is 30.8 Å². The topological polar surface area (TPSA) is 82.0 Å². The third kappa shape index (κ3) is 3.29. The number of aryl methyl sites for hydroxylation is 1. The average Bonchev–Trinajstić information content (AvgIpc) is 3.03. The molecule has 1 aliphatic rings. The summed E-state index contributed by atoms with van der Waals surface area (Å²) in [7, 11) is 1.63. The molecule has 1 N–H and O–H groups in total. The molecule has 0 saturated carbocycles. The third-order valence-electron chi connectivity index (χ3n) is 6.24. The van der Waals surface area contributed by atoms with Crippen molar-refractivity contribution in [2.24, 2.45) is 0 Å². The van der Waals surface area contributed by atoms with Crippen LogP contribution in [0.2, 0.25) is 0 Å². The molecule has 0 bridgehead atoms. The molecule has 1 aromatic carbocycles. The van der Waals surface area contributed by atoms with E-state index < -0.39 is 0 Å². The predicted molar refractivity (Wildman–Crippen MR) is 121 cm³/mol. The fraction of sp³-hybridized carbons (Fsp3) is 0.375. The summed E-state index contributed by atoms with van der Waals surface area (Å²) in [5, 5.41) is 6.19. The number of hydrogen-bond acceptors (Lipinski definition) is 5. The molecule has 31 heavy (non-hydrogen) atoms. The molecule has 0 amide bonds. The first kappa shape index (κ1) is 19.8. The van der Waals surface area contributed by atoms with E-state index in [-0.39, 0.29) is 11.6 Å². The Hall–Kier alpha value is -3.19. The molecule has 0 radical (unpaired) electrons. The average molecular weight is 418 g/mol. The molecule has 3 aromatic heterocycles. The zero-order valence-corrected chi connectivity index (χ0v) is 18.1. The van der Waals surface area contributed by atoms with Crippen molar-refractivity contribution in [3.8, 4) is 17.0 Å². The van der Waals surface area contributed by atoms with Crippen LogP contribution in [0.1, 0.15) is 36.4 Å². The van der Waals surface area contributed by atoms with Gasteiger partial charge in [-0.1, -0.05) is 12.1 Å². The normalized spacial score (nSPS) is 17.2. The molecule has 0 aliphatic carbocycles. The fourth-order valence-corrected chi connectivity index (χ4v) is 4.72. The van der Waals surface area contributed by atoms with Crippen molar-refractivity contribution in [3.05, 3.63) is 52.1 Å². The zero-order chi connectivity index (χ0) is 21.5. The highest BCUT2D eigenvalue weighted by Crippen LogP contribution is 2.34.